The van der Waals surface area contributed by atoms with Crippen molar-refractivity contribution in [2.24, 2.45) is 12.1 Å². The molecule has 0 aliphatic rings. The number of anilines is 1. The number of aromatic nitrogens is 5. The second-order valence-electron chi connectivity index (χ2n) is 5.87. The summed E-state index contributed by atoms with van der Waals surface area (Å²) in [5, 5.41) is 10.6. The Kier molecular flexibility index (Phi) is 5.13. The predicted octanol–water partition coefficient (Wildman–Crippen LogP) is -0.693. The molecule has 0 radical (unpaired) electrons. The maximum atomic E-state index is 4.13. The lowest BCUT2D eigenvalue weighted by Gasteiger charge is -1.99. The van der Waals surface area contributed by atoms with E-state index in [-0.39, 0.29) is 17.0 Å². The maximum Gasteiger partial charge on any atom is 0.286 e. The van der Waals surface area contributed by atoms with E-state index in [9.17, 15) is 0 Å². The van der Waals surface area contributed by atoms with Gasteiger partial charge >= 0.3 is 0 Å². The molecule has 7 nitrogen and oxygen atoms in total. The molecule has 0 amide bonds. The van der Waals surface area contributed by atoms with Crippen LogP contribution in [0.2, 0.25) is 0 Å². The number of fused-ring (bicyclic) bond motifs is 1. The van der Waals surface area contributed by atoms with E-state index < -0.39 is 0 Å². The van der Waals surface area contributed by atoms with E-state index in [1.807, 2.05) is 12.1 Å². The zero-order valence-corrected chi connectivity index (χ0v) is 16.0. The zero-order valence-electron chi connectivity index (χ0n) is 14.4. The summed E-state index contributed by atoms with van der Waals surface area (Å²) in [4.78, 5) is 3.94. The number of H-pyrrole nitrogens is 1. The van der Waals surface area contributed by atoms with Crippen molar-refractivity contribution < 1.29 is 21.4 Å². The molecule has 0 bridgehead atoms. The summed E-state index contributed by atoms with van der Waals surface area (Å²) in [6.45, 7) is 2.10. The SMILES string of the molecule is Cc1ccc2n(C)c(-c3ccc(/C=N/Nc4ncn[nH]4)cc3)c[n+]2c1.[Br-]. The Labute approximate surface area is 161 Å². The minimum atomic E-state index is 0. The smallest absolute Gasteiger partial charge is 0.286 e. The molecule has 0 saturated carbocycles. The minimum absolute atomic E-state index is 0. The molecular formula is C18H18BrN7. The number of imidazole rings is 1. The third-order valence-corrected chi connectivity index (χ3v) is 4.07. The van der Waals surface area contributed by atoms with E-state index in [1.54, 1.807) is 6.21 Å². The highest BCUT2D eigenvalue weighted by Gasteiger charge is 2.15. The van der Waals surface area contributed by atoms with Crippen molar-refractivity contribution in [3.05, 3.63) is 66.2 Å². The van der Waals surface area contributed by atoms with Crippen LogP contribution in [0.25, 0.3) is 16.9 Å². The van der Waals surface area contributed by atoms with Gasteiger partial charge in [-0.1, -0.05) is 12.1 Å². The van der Waals surface area contributed by atoms with E-state index in [0.717, 1.165) is 22.5 Å². The number of benzene rings is 1. The largest absolute Gasteiger partial charge is 1.00 e. The lowest BCUT2D eigenvalue weighted by atomic mass is 10.1. The third-order valence-electron chi connectivity index (χ3n) is 4.07. The van der Waals surface area contributed by atoms with Crippen LogP contribution in [0.1, 0.15) is 11.1 Å². The van der Waals surface area contributed by atoms with Crippen LogP contribution >= 0.6 is 0 Å². The molecule has 3 heterocycles. The average molecular weight is 412 g/mol. The van der Waals surface area contributed by atoms with Gasteiger partial charge in [-0.3, -0.25) is 0 Å². The van der Waals surface area contributed by atoms with Gasteiger partial charge in [0.25, 0.3) is 5.65 Å². The van der Waals surface area contributed by atoms with Crippen LogP contribution in [-0.2, 0) is 7.05 Å². The van der Waals surface area contributed by atoms with Gasteiger partial charge in [0, 0.05) is 11.6 Å². The lowest BCUT2D eigenvalue weighted by molar-refractivity contribution is -0.510. The number of hydrazone groups is 1. The van der Waals surface area contributed by atoms with Gasteiger partial charge in [-0.05, 0) is 36.2 Å². The number of halogens is 1. The highest BCUT2D eigenvalue weighted by Crippen LogP contribution is 2.20. The van der Waals surface area contributed by atoms with Gasteiger partial charge < -0.3 is 17.0 Å². The van der Waals surface area contributed by atoms with Gasteiger partial charge in [-0.25, -0.2) is 19.5 Å². The van der Waals surface area contributed by atoms with Crippen molar-refractivity contribution in [3.8, 4) is 11.3 Å². The highest BCUT2D eigenvalue weighted by atomic mass is 79.9. The Morgan fingerprint density at radius 1 is 1.15 bits per heavy atom. The molecule has 1 aromatic carbocycles. The molecule has 0 saturated heterocycles. The van der Waals surface area contributed by atoms with E-state index in [1.165, 1.54) is 11.9 Å². The molecule has 4 rings (SSSR count). The van der Waals surface area contributed by atoms with Crippen LogP contribution in [0, 0.1) is 6.92 Å². The molecule has 2 N–H and O–H groups in total. The normalized spacial score (nSPS) is 11.0. The Bertz CT molecular complexity index is 1030. The fourth-order valence-corrected chi connectivity index (χ4v) is 2.79. The van der Waals surface area contributed by atoms with Gasteiger partial charge in [0.2, 0.25) is 5.95 Å². The van der Waals surface area contributed by atoms with Gasteiger partial charge in [-0.15, -0.1) is 0 Å². The average Bonchev–Trinajstić information content (AvgIpc) is 3.24. The van der Waals surface area contributed by atoms with Gasteiger partial charge in [0.15, 0.2) is 5.69 Å². The van der Waals surface area contributed by atoms with Crippen molar-refractivity contribution in [1.82, 2.24) is 19.7 Å². The number of hydrogen-bond acceptors (Lipinski definition) is 4. The molecule has 3 aromatic heterocycles. The summed E-state index contributed by atoms with van der Waals surface area (Å²) >= 11 is 0. The van der Waals surface area contributed by atoms with Gasteiger partial charge in [0.1, 0.15) is 12.5 Å². The molecule has 4 aromatic rings. The Morgan fingerprint density at radius 3 is 2.69 bits per heavy atom. The first-order valence-corrected chi connectivity index (χ1v) is 7.93. The van der Waals surface area contributed by atoms with E-state index in [0.29, 0.717) is 5.95 Å². The van der Waals surface area contributed by atoms with Gasteiger partial charge in [0.05, 0.1) is 19.5 Å². The highest BCUT2D eigenvalue weighted by molar-refractivity contribution is 5.81. The van der Waals surface area contributed by atoms with Crippen LogP contribution in [0.4, 0.5) is 5.95 Å². The van der Waals surface area contributed by atoms with Crippen molar-refractivity contribution in [2.45, 2.75) is 6.92 Å². The molecule has 26 heavy (non-hydrogen) atoms. The van der Waals surface area contributed by atoms with E-state index in [2.05, 4.69) is 85.3 Å². The molecule has 0 aliphatic carbocycles. The molecule has 0 fully saturated rings. The molecular weight excluding hydrogens is 394 g/mol. The summed E-state index contributed by atoms with van der Waals surface area (Å²) in [6, 6.07) is 12.5. The van der Waals surface area contributed by atoms with Crippen molar-refractivity contribution >= 4 is 17.8 Å². The first-order valence-electron chi connectivity index (χ1n) is 7.93. The molecule has 0 atom stereocenters. The number of aromatic amines is 1. The second kappa shape index (κ2) is 7.49. The lowest BCUT2D eigenvalue weighted by Crippen LogP contribution is -3.00. The van der Waals surface area contributed by atoms with Crippen molar-refractivity contribution in [3.63, 3.8) is 0 Å². The first kappa shape index (κ1) is 17.8. The fourth-order valence-electron chi connectivity index (χ4n) is 2.79. The zero-order chi connectivity index (χ0) is 17.2. The molecule has 8 heteroatoms. The number of hydrogen-bond donors (Lipinski definition) is 2. The number of nitrogens with zero attached hydrogens (tertiary/aromatic N) is 5. The molecule has 0 aliphatic heterocycles. The number of aryl methyl sites for hydroxylation is 2. The Morgan fingerprint density at radius 2 is 1.96 bits per heavy atom. The summed E-state index contributed by atoms with van der Waals surface area (Å²) in [6.07, 6.45) is 7.45. The van der Waals surface area contributed by atoms with E-state index in [4.69, 9.17) is 0 Å². The predicted molar refractivity (Wildman–Crippen MR) is 96.3 cm³/mol. The molecule has 0 unspecified atom stereocenters. The third kappa shape index (κ3) is 3.50. The van der Waals surface area contributed by atoms with Gasteiger partial charge in [-0.2, -0.15) is 15.2 Å². The molecule has 132 valence electrons. The maximum absolute atomic E-state index is 4.13. The standard InChI is InChI=1S/C18H18N7.BrH/c1-13-3-8-17-24(2)16(11-25(17)10-13)15-6-4-14(5-7-15)9-20-22-18-19-12-21-23-18;/h3-12H,1-2H3,(H2,19,21,22,23);1H/q+1;/p-1/b20-9+;. The first-order chi connectivity index (χ1) is 12.2. The van der Waals surface area contributed by atoms with Crippen LogP contribution < -0.4 is 26.8 Å². The summed E-state index contributed by atoms with van der Waals surface area (Å²) < 4.78 is 4.34. The topological polar surface area (TPSA) is 75.0 Å². The summed E-state index contributed by atoms with van der Waals surface area (Å²) in [5.74, 6) is 0.510. The quantitative estimate of drug-likeness (QED) is 0.265. The summed E-state index contributed by atoms with van der Waals surface area (Å²) in [5.41, 5.74) is 8.49. The van der Waals surface area contributed by atoms with Crippen molar-refractivity contribution in [2.75, 3.05) is 5.43 Å². The molecule has 0 spiro atoms. The van der Waals surface area contributed by atoms with Crippen LogP contribution in [0.5, 0.6) is 0 Å². The van der Waals surface area contributed by atoms with Crippen molar-refractivity contribution in [1.29, 1.82) is 0 Å². The van der Waals surface area contributed by atoms with Crippen LogP contribution in [0.15, 0.2) is 60.2 Å². The Hall–Kier alpha value is -3.00. The summed E-state index contributed by atoms with van der Waals surface area (Å²) in [7, 11) is 2.08. The number of rotatable bonds is 4. The van der Waals surface area contributed by atoms with E-state index >= 15 is 0 Å². The van der Waals surface area contributed by atoms with Crippen LogP contribution in [-0.4, -0.2) is 26.0 Å². The number of nitrogens with one attached hydrogen (secondary N) is 2. The monoisotopic (exact) mass is 411 g/mol. The minimum Gasteiger partial charge on any atom is -1.00 e. The number of pyridine rings is 1. The Balaban J connectivity index is 0.00000196. The second-order valence-corrected chi connectivity index (χ2v) is 5.87. The van der Waals surface area contributed by atoms with Crippen LogP contribution in [0.3, 0.4) is 0 Å². The fraction of sp³-hybridized carbons (Fsp3) is 0.111.